The summed E-state index contributed by atoms with van der Waals surface area (Å²) in [6.45, 7) is 2.57. The molecule has 0 bridgehead atoms. The Morgan fingerprint density at radius 3 is 2.50 bits per heavy atom. The molecule has 0 saturated heterocycles. The van der Waals surface area contributed by atoms with E-state index >= 15 is 0 Å². The van der Waals surface area contributed by atoms with Gasteiger partial charge in [0.05, 0.1) is 0 Å². The average molecular weight is 266 g/mol. The van der Waals surface area contributed by atoms with Gasteiger partial charge in [-0.05, 0) is 35.3 Å². The number of pyridine rings is 1. The largest absolute Gasteiger partial charge is 0.348 e. The lowest BCUT2D eigenvalue weighted by molar-refractivity contribution is -0.116. The molecule has 2 aromatic rings. The van der Waals surface area contributed by atoms with E-state index in [0.29, 0.717) is 6.54 Å². The Labute approximate surface area is 119 Å². The number of nitrogens with one attached hydrogen (secondary N) is 1. The number of amides is 1. The predicted octanol–water partition coefficient (Wildman–Crippen LogP) is 3.19. The Morgan fingerprint density at radius 2 is 1.85 bits per heavy atom. The zero-order chi connectivity index (χ0) is 14.2. The van der Waals surface area contributed by atoms with Crippen molar-refractivity contribution in [2.75, 3.05) is 0 Å². The molecule has 0 atom stereocenters. The molecule has 102 valence electrons. The SMILES string of the molecule is CC/C(=C\C(=O)NCc1ccncc1)c1ccccc1. The zero-order valence-electron chi connectivity index (χ0n) is 11.5. The number of benzene rings is 1. The highest BCUT2D eigenvalue weighted by Crippen LogP contribution is 2.16. The lowest BCUT2D eigenvalue weighted by atomic mass is 10.0. The minimum Gasteiger partial charge on any atom is -0.348 e. The molecule has 0 aliphatic rings. The van der Waals surface area contributed by atoms with Gasteiger partial charge in [0, 0.05) is 25.0 Å². The summed E-state index contributed by atoms with van der Waals surface area (Å²) >= 11 is 0. The lowest BCUT2D eigenvalue weighted by Gasteiger charge is -2.06. The molecule has 0 fully saturated rings. The first-order valence-corrected chi connectivity index (χ1v) is 6.72. The van der Waals surface area contributed by atoms with Gasteiger partial charge in [0.2, 0.25) is 5.91 Å². The van der Waals surface area contributed by atoms with Gasteiger partial charge in [-0.3, -0.25) is 9.78 Å². The summed E-state index contributed by atoms with van der Waals surface area (Å²) in [6.07, 6.45) is 5.95. The van der Waals surface area contributed by atoms with E-state index in [1.165, 1.54) is 0 Å². The molecule has 1 aromatic carbocycles. The Kier molecular flexibility index (Phi) is 5.07. The van der Waals surface area contributed by atoms with Crippen LogP contribution in [-0.2, 0) is 11.3 Å². The second kappa shape index (κ2) is 7.24. The van der Waals surface area contributed by atoms with Crippen molar-refractivity contribution in [3.63, 3.8) is 0 Å². The van der Waals surface area contributed by atoms with Gasteiger partial charge in [-0.2, -0.15) is 0 Å². The van der Waals surface area contributed by atoms with Crippen molar-refractivity contribution in [3.8, 4) is 0 Å². The van der Waals surface area contributed by atoms with Crippen molar-refractivity contribution in [2.24, 2.45) is 0 Å². The number of aromatic nitrogens is 1. The van der Waals surface area contributed by atoms with Crippen LogP contribution in [0, 0.1) is 0 Å². The van der Waals surface area contributed by atoms with Crippen LogP contribution in [0.3, 0.4) is 0 Å². The molecule has 3 heteroatoms. The Balaban J connectivity index is 2.00. The van der Waals surface area contributed by atoms with Gasteiger partial charge < -0.3 is 5.32 Å². The predicted molar refractivity (Wildman–Crippen MR) is 80.8 cm³/mol. The fraction of sp³-hybridized carbons (Fsp3) is 0.176. The van der Waals surface area contributed by atoms with Crippen molar-refractivity contribution < 1.29 is 4.79 Å². The molecule has 20 heavy (non-hydrogen) atoms. The standard InChI is InChI=1S/C17H18N2O/c1-2-15(16-6-4-3-5-7-16)12-17(20)19-13-14-8-10-18-11-9-14/h3-12H,2,13H2,1H3,(H,19,20)/b15-12+. The third kappa shape index (κ3) is 4.05. The summed E-state index contributed by atoms with van der Waals surface area (Å²) in [6, 6.07) is 13.8. The van der Waals surface area contributed by atoms with E-state index in [0.717, 1.165) is 23.1 Å². The smallest absolute Gasteiger partial charge is 0.244 e. The van der Waals surface area contributed by atoms with Crippen LogP contribution in [0.1, 0.15) is 24.5 Å². The quantitative estimate of drug-likeness (QED) is 0.844. The maximum Gasteiger partial charge on any atom is 0.244 e. The minimum atomic E-state index is -0.0671. The van der Waals surface area contributed by atoms with Crippen LogP contribution < -0.4 is 5.32 Å². The summed E-state index contributed by atoms with van der Waals surface area (Å²) in [5.74, 6) is -0.0671. The molecule has 1 N–H and O–H groups in total. The number of hydrogen-bond acceptors (Lipinski definition) is 2. The molecule has 2 rings (SSSR count). The van der Waals surface area contributed by atoms with Gasteiger partial charge in [-0.1, -0.05) is 37.3 Å². The van der Waals surface area contributed by atoms with E-state index in [9.17, 15) is 4.79 Å². The number of allylic oxidation sites excluding steroid dienone is 1. The number of carbonyl (C=O) groups is 1. The van der Waals surface area contributed by atoms with E-state index in [-0.39, 0.29) is 5.91 Å². The minimum absolute atomic E-state index is 0.0671. The first-order chi connectivity index (χ1) is 9.79. The van der Waals surface area contributed by atoms with E-state index in [4.69, 9.17) is 0 Å². The number of carbonyl (C=O) groups excluding carboxylic acids is 1. The molecular weight excluding hydrogens is 248 g/mol. The number of hydrogen-bond donors (Lipinski definition) is 1. The highest BCUT2D eigenvalue weighted by atomic mass is 16.1. The van der Waals surface area contributed by atoms with Gasteiger partial charge in [0.1, 0.15) is 0 Å². The molecule has 1 aromatic heterocycles. The lowest BCUT2D eigenvalue weighted by Crippen LogP contribution is -2.20. The van der Waals surface area contributed by atoms with Crippen molar-refractivity contribution in [1.82, 2.24) is 10.3 Å². The highest BCUT2D eigenvalue weighted by molar-refractivity contribution is 5.95. The molecule has 0 saturated carbocycles. The summed E-state index contributed by atoms with van der Waals surface area (Å²) in [7, 11) is 0. The molecule has 0 unspecified atom stereocenters. The van der Waals surface area contributed by atoms with Crippen LogP contribution >= 0.6 is 0 Å². The Bertz CT molecular complexity index is 576. The summed E-state index contributed by atoms with van der Waals surface area (Å²) < 4.78 is 0. The molecular formula is C17H18N2O. The third-order valence-electron chi connectivity index (χ3n) is 3.05. The van der Waals surface area contributed by atoms with Crippen molar-refractivity contribution in [3.05, 3.63) is 72.1 Å². The fourth-order valence-corrected chi connectivity index (χ4v) is 1.94. The Morgan fingerprint density at radius 1 is 1.15 bits per heavy atom. The van der Waals surface area contributed by atoms with E-state index in [1.807, 2.05) is 42.5 Å². The summed E-state index contributed by atoms with van der Waals surface area (Å²) in [5, 5.41) is 2.89. The van der Waals surface area contributed by atoms with Crippen LogP contribution in [0.25, 0.3) is 5.57 Å². The summed E-state index contributed by atoms with van der Waals surface area (Å²) in [4.78, 5) is 15.9. The molecule has 3 nitrogen and oxygen atoms in total. The molecule has 0 spiro atoms. The molecule has 0 aliphatic carbocycles. The molecule has 0 radical (unpaired) electrons. The van der Waals surface area contributed by atoms with Crippen molar-refractivity contribution in [1.29, 1.82) is 0 Å². The number of rotatable bonds is 5. The van der Waals surface area contributed by atoms with E-state index in [2.05, 4.69) is 17.2 Å². The van der Waals surface area contributed by atoms with Gasteiger partial charge in [-0.15, -0.1) is 0 Å². The van der Waals surface area contributed by atoms with Gasteiger partial charge in [-0.25, -0.2) is 0 Å². The second-order valence-electron chi connectivity index (χ2n) is 4.46. The topological polar surface area (TPSA) is 42.0 Å². The van der Waals surface area contributed by atoms with Crippen LogP contribution in [-0.4, -0.2) is 10.9 Å². The molecule has 1 heterocycles. The van der Waals surface area contributed by atoms with Crippen LogP contribution in [0.4, 0.5) is 0 Å². The monoisotopic (exact) mass is 266 g/mol. The number of nitrogens with zero attached hydrogens (tertiary/aromatic N) is 1. The fourth-order valence-electron chi connectivity index (χ4n) is 1.94. The second-order valence-corrected chi connectivity index (χ2v) is 4.46. The van der Waals surface area contributed by atoms with Gasteiger partial charge >= 0.3 is 0 Å². The van der Waals surface area contributed by atoms with Gasteiger partial charge in [0.15, 0.2) is 0 Å². The van der Waals surface area contributed by atoms with E-state index < -0.39 is 0 Å². The first kappa shape index (κ1) is 14.0. The Hall–Kier alpha value is -2.42. The summed E-state index contributed by atoms with van der Waals surface area (Å²) in [5.41, 5.74) is 3.17. The highest BCUT2D eigenvalue weighted by Gasteiger charge is 2.03. The van der Waals surface area contributed by atoms with Crippen LogP contribution in [0.5, 0.6) is 0 Å². The van der Waals surface area contributed by atoms with Crippen LogP contribution in [0.15, 0.2) is 60.9 Å². The van der Waals surface area contributed by atoms with Crippen LogP contribution in [0.2, 0.25) is 0 Å². The van der Waals surface area contributed by atoms with Gasteiger partial charge in [0.25, 0.3) is 0 Å². The van der Waals surface area contributed by atoms with E-state index in [1.54, 1.807) is 18.5 Å². The maximum atomic E-state index is 12.0. The third-order valence-corrected chi connectivity index (χ3v) is 3.05. The first-order valence-electron chi connectivity index (χ1n) is 6.72. The normalized spacial score (nSPS) is 11.2. The zero-order valence-corrected chi connectivity index (χ0v) is 11.5. The molecule has 0 aliphatic heterocycles. The van der Waals surface area contributed by atoms with Crippen molar-refractivity contribution >= 4 is 11.5 Å². The maximum absolute atomic E-state index is 12.0. The van der Waals surface area contributed by atoms with Crippen molar-refractivity contribution in [2.45, 2.75) is 19.9 Å². The average Bonchev–Trinajstić information content (AvgIpc) is 2.52. The molecule has 1 amide bonds.